The summed E-state index contributed by atoms with van der Waals surface area (Å²) in [6, 6.07) is 23.0. The van der Waals surface area contributed by atoms with Crippen LogP contribution in [0.4, 0.5) is 5.69 Å². The molecule has 0 bridgehead atoms. The van der Waals surface area contributed by atoms with E-state index in [0.717, 1.165) is 4.31 Å². The third kappa shape index (κ3) is 8.62. The molecule has 1 aromatic heterocycles. The average molecular weight is 564 g/mol. The van der Waals surface area contributed by atoms with E-state index in [1.165, 1.54) is 30.8 Å². The molecule has 40 heavy (non-hydrogen) atoms. The van der Waals surface area contributed by atoms with E-state index in [2.05, 4.69) is 13.2 Å². The number of sulfonamides is 1. The van der Waals surface area contributed by atoms with Gasteiger partial charge in [0.1, 0.15) is 12.5 Å². The number of hydrogen-bond donors (Lipinski definition) is 1. The maximum absolute atomic E-state index is 12.8. The molecule has 7 nitrogen and oxygen atoms in total. The quantitative estimate of drug-likeness (QED) is 0.268. The Balaban J connectivity index is 0.000000561. The topological polar surface area (TPSA) is 105 Å². The molecule has 3 aromatic carbocycles. The number of aliphatic hydroxyl groups excluding tert-OH is 1. The SMILES string of the molecule is C=Cc1c(CCCO)oc(=O)c2cc(N(C)S(=O)(=O)c3ccccc3)ccc12.C=Cc1ccccc1.C=O.CC. The minimum absolute atomic E-state index is 0.0145. The summed E-state index contributed by atoms with van der Waals surface area (Å²) in [7, 11) is -2.32. The van der Waals surface area contributed by atoms with Gasteiger partial charge in [0.15, 0.2) is 0 Å². The lowest BCUT2D eigenvalue weighted by Crippen LogP contribution is -2.26. The second-order valence-electron chi connectivity index (χ2n) is 7.89. The van der Waals surface area contributed by atoms with E-state index < -0.39 is 15.6 Å². The lowest BCUT2D eigenvalue weighted by Gasteiger charge is -2.20. The summed E-state index contributed by atoms with van der Waals surface area (Å²) >= 11 is 0. The molecular formula is C32H37NO6S. The summed E-state index contributed by atoms with van der Waals surface area (Å²) in [5.41, 5.74) is 1.64. The Morgan fingerprint density at radius 3 is 1.95 bits per heavy atom. The number of aryl methyl sites for hydroxylation is 1. The van der Waals surface area contributed by atoms with Gasteiger partial charge >= 0.3 is 5.63 Å². The van der Waals surface area contributed by atoms with Crippen molar-refractivity contribution in [1.29, 1.82) is 0 Å². The highest BCUT2D eigenvalue weighted by molar-refractivity contribution is 7.92. The predicted molar refractivity (Wildman–Crippen MR) is 165 cm³/mol. The summed E-state index contributed by atoms with van der Waals surface area (Å²) in [5, 5.41) is 9.94. The van der Waals surface area contributed by atoms with Gasteiger partial charge in [-0.1, -0.05) is 93.8 Å². The highest BCUT2D eigenvalue weighted by Gasteiger charge is 2.22. The zero-order valence-electron chi connectivity index (χ0n) is 23.2. The van der Waals surface area contributed by atoms with Gasteiger partial charge in [0.2, 0.25) is 0 Å². The van der Waals surface area contributed by atoms with Crippen molar-refractivity contribution in [1.82, 2.24) is 0 Å². The molecule has 4 rings (SSSR count). The third-order valence-electron chi connectivity index (χ3n) is 5.60. The first kappa shape index (κ1) is 33.8. The van der Waals surface area contributed by atoms with Crippen LogP contribution in [0, 0.1) is 0 Å². The van der Waals surface area contributed by atoms with Crippen molar-refractivity contribution in [2.75, 3.05) is 18.0 Å². The predicted octanol–water partition coefficient (Wildman–Crippen LogP) is 6.36. The molecule has 0 saturated heterocycles. The highest BCUT2D eigenvalue weighted by atomic mass is 32.2. The van der Waals surface area contributed by atoms with Crippen molar-refractivity contribution in [3.05, 3.63) is 119 Å². The van der Waals surface area contributed by atoms with E-state index in [1.54, 1.807) is 36.4 Å². The number of anilines is 1. The van der Waals surface area contributed by atoms with E-state index in [0.29, 0.717) is 35.2 Å². The van der Waals surface area contributed by atoms with Gasteiger partial charge in [-0.15, -0.1) is 0 Å². The first-order chi connectivity index (χ1) is 19.3. The van der Waals surface area contributed by atoms with Crippen molar-refractivity contribution in [2.24, 2.45) is 0 Å². The number of aliphatic hydroxyl groups is 1. The molecule has 0 saturated carbocycles. The Labute approximate surface area is 236 Å². The number of rotatable bonds is 8. The highest BCUT2D eigenvalue weighted by Crippen LogP contribution is 2.28. The molecule has 4 aromatic rings. The van der Waals surface area contributed by atoms with Gasteiger partial charge in [-0.05, 0) is 41.6 Å². The van der Waals surface area contributed by atoms with Crippen molar-refractivity contribution in [3.63, 3.8) is 0 Å². The molecular weight excluding hydrogens is 526 g/mol. The molecule has 0 amide bonds. The molecule has 0 fully saturated rings. The average Bonchev–Trinajstić information content (AvgIpc) is 3.02. The fraction of sp³-hybridized carbons (Fsp3) is 0.188. The standard InChI is InChI=1S/C21H21NO5S.C8H8.C2H6.CH2O/c1-3-17-18-12-11-15(14-19(18)21(24)27-20(17)10-7-13-23)22(2)28(25,26)16-8-5-4-6-9-16;1-2-8-6-4-3-5-7-8;2*1-2/h3-6,8-9,11-12,14,23H,1,7,10,13H2,2H3;2-7H,1H2;1-2H3;1H2. The second kappa shape index (κ2) is 17.3. The number of carbonyl (C=O) groups excluding carboxylic acids is 1. The lowest BCUT2D eigenvalue weighted by atomic mass is 10.0. The normalized spacial score (nSPS) is 10.0. The van der Waals surface area contributed by atoms with Crippen molar-refractivity contribution in [2.45, 2.75) is 31.6 Å². The van der Waals surface area contributed by atoms with E-state index >= 15 is 0 Å². The van der Waals surface area contributed by atoms with E-state index in [-0.39, 0.29) is 16.9 Å². The third-order valence-corrected chi connectivity index (χ3v) is 7.40. The van der Waals surface area contributed by atoms with E-state index in [4.69, 9.17) is 14.3 Å². The first-order valence-corrected chi connectivity index (χ1v) is 14.1. The number of fused-ring (bicyclic) bond motifs is 1. The fourth-order valence-corrected chi connectivity index (χ4v) is 4.84. The van der Waals surface area contributed by atoms with Gasteiger partial charge in [-0.3, -0.25) is 4.31 Å². The van der Waals surface area contributed by atoms with Crippen LogP contribution in [0.3, 0.4) is 0 Å². The summed E-state index contributed by atoms with van der Waals surface area (Å²) in [5.74, 6) is 0.458. The minimum atomic E-state index is -3.76. The van der Waals surface area contributed by atoms with Gasteiger partial charge in [-0.2, -0.15) is 0 Å². The molecule has 0 aliphatic heterocycles. The van der Waals surface area contributed by atoms with Crippen LogP contribution in [-0.4, -0.2) is 34.0 Å². The Hall–Kier alpha value is -4.27. The van der Waals surface area contributed by atoms with Crippen molar-refractivity contribution in [3.8, 4) is 0 Å². The molecule has 212 valence electrons. The maximum Gasteiger partial charge on any atom is 0.343 e. The van der Waals surface area contributed by atoms with E-state index in [9.17, 15) is 13.2 Å². The van der Waals surface area contributed by atoms with Crippen LogP contribution in [0.1, 0.15) is 37.2 Å². The number of nitrogens with zero attached hydrogens (tertiary/aromatic N) is 1. The summed E-state index contributed by atoms with van der Waals surface area (Å²) in [6.07, 6.45) is 4.31. The molecule has 0 atom stereocenters. The monoisotopic (exact) mass is 563 g/mol. The second-order valence-corrected chi connectivity index (χ2v) is 9.86. The number of carbonyl (C=O) groups is 1. The smallest absolute Gasteiger partial charge is 0.343 e. The van der Waals surface area contributed by atoms with Crippen LogP contribution in [0.5, 0.6) is 0 Å². The molecule has 0 spiro atoms. The zero-order valence-corrected chi connectivity index (χ0v) is 24.1. The molecule has 0 radical (unpaired) electrons. The number of benzene rings is 3. The molecule has 1 N–H and O–H groups in total. The van der Waals surface area contributed by atoms with Gasteiger partial charge in [0, 0.05) is 25.6 Å². The van der Waals surface area contributed by atoms with Crippen LogP contribution in [-0.2, 0) is 21.2 Å². The Morgan fingerprint density at radius 1 is 0.875 bits per heavy atom. The van der Waals surface area contributed by atoms with Crippen molar-refractivity contribution >= 4 is 45.4 Å². The fourth-order valence-electron chi connectivity index (χ4n) is 3.63. The number of hydrogen-bond acceptors (Lipinski definition) is 6. The Kier molecular flexibility index (Phi) is 14.6. The molecule has 8 heteroatoms. The lowest BCUT2D eigenvalue weighted by molar-refractivity contribution is -0.0980. The van der Waals surface area contributed by atoms with Crippen LogP contribution < -0.4 is 9.93 Å². The summed E-state index contributed by atoms with van der Waals surface area (Å²) < 4.78 is 32.2. The molecule has 1 heterocycles. The summed E-state index contributed by atoms with van der Waals surface area (Å²) in [4.78, 5) is 20.7. The zero-order chi connectivity index (χ0) is 30.1. The van der Waals surface area contributed by atoms with Gasteiger partial charge < -0.3 is 14.3 Å². The van der Waals surface area contributed by atoms with Crippen molar-refractivity contribution < 1.29 is 22.7 Å². The van der Waals surface area contributed by atoms with Gasteiger partial charge in [0.05, 0.1) is 16.0 Å². The van der Waals surface area contributed by atoms with Crippen LogP contribution in [0.15, 0.2) is 106 Å². The molecule has 0 unspecified atom stereocenters. The first-order valence-electron chi connectivity index (χ1n) is 12.7. The maximum atomic E-state index is 12.8. The molecule has 0 aliphatic rings. The Morgan fingerprint density at radius 2 is 1.45 bits per heavy atom. The summed E-state index contributed by atoms with van der Waals surface area (Å²) in [6.45, 7) is 13.4. The minimum Gasteiger partial charge on any atom is -0.427 e. The van der Waals surface area contributed by atoms with E-state index in [1.807, 2.05) is 57.0 Å². The van der Waals surface area contributed by atoms with Gasteiger partial charge in [0.25, 0.3) is 10.0 Å². The van der Waals surface area contributed by atoms with Crippen LogP contribution in [0.2, 0.25) is 0 Å². The van der Waals surface area contributed by atoms with Crippen LogP contribution in [0.25, 0.3) is 22.9 Å². The molecule has 0 aliphatic carbocycles. The van der Waals surface area contributed by atoms with Crippen LogP contribution >= 0.6 is 0 Å². The largest absolute Gasteiger partial charge is 0.427 e. The Bertz CT molecular complexity index is 1510. The van der Waals surface area contributed by atoms with Gasteiger partial charge in [-0.25, -0.2) is 13.2 Å².